The number of benzene rings is 3. The molecule has 0 amide bonds. The zero-order valence-corrected chi connectivity index (χ0v) is 16.3. The van der Waals surface area contributed by atoms with E-state index in [2.05, 4.69) is 15.5 Å². The number of anilines is 1. The summed E-state index contributed by atoms with van der Waals surface area (Å²) in [5.74, 6) is 1.36. The summed E-state index contributed by atoms with van der Waals surface area (Å²) in [5.41, 5.74) is 4.13. The smallest absolute Gasteiger partial charge is 0.164 e. The van der Waals surface area contributed by atoms with Crippen LogP contribution in [0.1, 0.15) is 33.5 Å². The van der Waals surface area contributed by atoms with Crippen LogP contribution in [-0.2, 0) is 5.41 Å². The molecule has 29 heavy (non-hydrogen) atoms. The summed E-state index contributed by atoms with van der Waals surface area (Å²) in [4.78, 5) is 17.1. The lowest BCUT2D eigenvalue weighted by molar-refractivity contribution is 0.0983. The molecule has 142 valence electrons. The van der Waals surface area contributed by atoms with Gasteiger partial charge in [0.15, 0.2) is 5.78 Å². The summed E-state index contributed by atoms with van der Waals surface area (Å²) in [5, 5.41) is 15.5. The second kappa shape index (κ2) is 6.27. The first-order chi connectivity index (χ1) is 14.1. The third kappa shape index (κ3) is 2.43. The van der Waals surface area contributed by atoms with Gasteiger partial charge in [-0.3, -0.25) is 4.79 Å². The molecule has 0 saturated carbocycles. The van der Waals surface area contributed by atoms with Crippen LogP contribution < -0.4 is 10.1 Å². The minimum atomic E-state index is -0.685. The molecule has 6 heteroatoms. The number of phenolic OH excluding ortho intramolecular Hbond substituents is 1. The van der Waals surface area contributed by atoms with Gasteiger partial charge < -0.3 is 15.2 Å². The maximum absolute atomic E-state index is 13.1. The maximum Gasteiger partial charge on any atom is 0.164 e. The molecule has 1 heterocycles. The maximum atomic E-state index is 13.1. The third-order valence-corrected chi connectivity index (χ3v) is 5.83. The number of phenols is 1. The number of nitrogens with zero attached hydrogens (tertiary/aromatic N) is 1. The molecule has 0 bridgehead atoms. The summed E-state index contributed by atoms with van der Waals surface area (Å²) in [6, 6.07) is 16.5. The van der Waals surface area contributed by atoms with Crippen molar-refractivity contribution < 1.29 is 14.6 Å². The number of ether oxygens (including phenoxy) is 1. The Morgan fingerprint density at radius 1 is 1.07 bits per heavy atom. The molecule has 2 N–H and O–H groups in total. The number of rotatable bonds is 2. The predicted molar refractivity (Wildman–Crippen MR) is 114 cm³/mol. The fourth-order valence-corrected chi connectivity index (χ4v) is 4.60. The van der Waals surface area contributed by atoms with Gasteiger partial charge in [-0.2, -0.15) is 4.99 Å². The monoisotopic (exact) mass is 400 g/mol. The summed E-state index contributed by atoms with van der Waals surface area (Å²) in [6.07, 6.45) is 0.278. The van der Waals surface area contributed by atoms with Crippen molar-refractivity contribution in [3.05, 3.63) is 76.9 Å². The number of aliphatic imine (C=N–C) groups is 1. The number of Topliss-reactive ketones (excluding diaryl/α,β-unsaturated/α-hetero) is 1. The van der Waals surface area contributed by atoms with E-state index in [0.717, 1.165) is 22.4 Å². The number of fused-ring (bicyclic) bond motifs is 6. The molecule has 0 radical (unpaired) electrons. The second-order valence-corrected chi connectivity index (χ2v) is 7.36. The van der Waals surface area contributed by atoms with E-state index in [4.69, 9.17) is 17.0 Å². The van der Waals surface area contributed by atoms with Gasteiger partial charge in [0, 0.05) is 48.0 Å². The Bertz CT molecular complexity index is 1250. The first kappa shape index (κ1) is 17.6. The first-order valence-electron chi connectivity index (χ1n) is 9.16. The molecule has 2 aliphatic rings. The van der Waals surface area contributed by atoms with Gasteiger partial charge in [0.2, 0.25) is 0 Å². The Balaban J connectivity index is 1.85. The van der Waals surface area contributed by atoms with Crippen molar-refractivity contribution in [3.8, 4) is 17.2 Å². The van der Waals surface area contributed by atoms with Crippen LogP contribution in [0.4, 0.5) is 11.4 Å². The fraction of sp³-hybridized carbons (Fsp3) is 0.130. The van der Waals surface area contributed by atoms with Crippen LogP contribution in [0.3, 0.4) is 0 Å². The summed E-state index contributed by atoms with van der Waals surface area (Å²) >= 11 is 4.70. The van der Waals surface area contributed by atoms with Crippen LogP contribution in [0.2, 0.25) is 0 Å². The van der Waals surface area contributed by atoms with Gasteiger partial charge in [0.05, 0.1) is 16.3 Å². The molecule has 3 aromatic rings. The number of hydrogen-bond donors (Lipinski definition) is 2. The van der Waals surface area contributed by atoms with E-state index in [-0.39, 0.29) is 18.0 Å². The van der Waals surface area contributed by atoms with E-state index in [1.807, 2.05) is 43.4 Å². The summed E-state index contributed by atoms with van der Waals surface area (Å²) in [6.45, 7) is 0. The van der Waals surface area contributed by atoms with E-state index in [1.54, 1.807) is 18.2 Å². The molecule has 0 saturated heterocycles. The van der Waals surface area contributed by atoms with E-state index < -0.39 is 5.41 Å². The molecule has 0 aromatic heterocycles. The number of thiocarbonyl (C=S) groups is 1. The fourth-order valence-electron chi connectivity index (χ4n) is 4.50. The number of nitrogens with one attached hydrogen (secondary N) is 1. The van der Waals surface area contributed by atoms with Crippen LogP contribution in [-0.4, -0.2) is 23.1 Å². The van der Waals surface area contributed by atoms with Crippen molar-refractivity contribution in [1.29, 1.82) is 0 Å². The molecule has 0 fully saturated rings. The number of carbonyl (C=O) groups excluding carboxylic acids is 1. The minimum Gasteiger partial charge on any atom is -0.508 e. The van der Waals surface area contributed by atoms with Gasteiger partial charge in [-0.05, 0) is 42.0 Å². The number of ketones is 1. The molecule has 5 rings (SSSR count). The molecule has 3 aromatic carbocycles. The largest absolute Gasteiger partial charge is 0.508 e. The van der Waals surface area contributed by atoms with Gasteiger partial charge in [0.1, 0.15) is 17.2 Å². The van der Waals surface area contributed by atoms with E-state index in [1.165, 1.54) is 0 Å². The normalized spacial score (nSPS) is 18.3. The molecule has 1 unspecified atom stereocenters. The van der Waals surface area contributed by atoms with E-state index in [0.29, 0.717) is 22.7 Å². The lowest BCUT2D eigenvalue weighted by atomic mass is 9.68. The van der Waals surface area contributed by atoms with E-state index in [9.17, 15) is 9.90 Å². The van der Waals surface area contributed by atoms with Crippen molar-refractivity contribution in [3.63, 3.8) is 0 Å². The quantitative estimate of drug-likeness (QED) is 0.457. The lowest BCUT2D eigenvalue weighted by Gasteiger charge is -2.38. The van der Waals surface area contributed by atoms with Gasteiger partial charge in [-0.15, -0.1) is 0 Å². The Morgan fingerprint density at radius 3 is 2.55 bits per heavy atom. The van der Waals surface area contributed by atoms with Gasteiger partial charge in [-0.1, -0.05) is 18.2 Å². The second-order valence-electron chi connectivity index (χ2n) is 7.18. The third-order valence-electron chi connectivity index (χ3n) is 5.74. The van der Waals surface area contributed by atoms with Crippen LogP contribution in [0.25, 0.3) is 0 Å². The highest BCUT2D eigenvalue weighted by molar-refractivity contribution is 7.78. The van der Waals surface area contributed by atoms with Crippen LogP contribution >= 0.6 is 12.2 Å². The van der Waals surface area contributed by atoms with Gasteiger partial charge >= 0.3 is 0 Å². The summed E-state index contributed by atoms with van der Waals surface area (Å²) in [7, 11) is 1.84. The summed E-state index contributed by atoms with van der Waals surface area (Å²) < 4.78 is 6.15. The molecule has 5 nitrogen and oxygen atoms in total. The first-order valence-corrected chi connectivity index (χ1v) is 9.57. The van der Waals surface area contributed by atoms with Crippen molar-refractivity contribution in [2.75, 3.05) is 12.4 Å². The molecule has 1 atom stereocenters. The zero-order chi connectivity index (χ0) is 20.2. The molecular formula is C23H16N2O3S. The number of carbonyl (C=O) groups is 1. The Morgan fingerprint density at radius 2 is 1.79 bits per heavy atom. The molecular weight excluding hydrogens is 384 g/mol. The van der Waals surface area contributed by atoms with E-state index >= 15 is 0 Å². The SMILES string of the molecule is CNc1ccc2c(c1)Oc1cc(O)ccc1C21CC(=O)c2cc(N=C=S)ccc21. The molecule has 1 aliphatic heterocycles. The van der Waals surface area contributed by atoms with Crippen LogP contribution in [0, 0.1) is 0 Å². The number of hydrogen-bond acceptors (Lipinski definition) is 6. The van der Waals surface area contributed by atoms with Crippen molar-refractivity contribution in [1.82, 2.24) is 0 Å². The zero-order valence-electron chi connectivity index (χ0n) is 15.5. The molecule has 1 spiro atoms. The van der Waals surface area contributed by atoms with Crippen molar-refractivity contribution in [2.45, 2.75) is 11.8 Å². The average molecular weight is 400 g/mol. The lowest BCUT2D eigenvalue weighted by Crippen LogP contribution is -2.30. The van der Waals surface area contributed by atoms with Crippen molar-refractivity contribution in [2.24, 2.45) is 4.99 Å². The minimum absolute atomic E-state index is 0.0333. The van der Waals surface area contributed by atoms with Crippen molar-refractivity contribution >= 4 is 34.5 Å². The topological polar surface area (TPSA) is 70.9 Å². The predicted octanol–water partition coefficient (Wildman–Crippen LogP) is 5.19. The highest BCUT2D eigenvalue weighted by Crippen LogP contribution is 2.58. The standard InChI is InChI=1S/C23H16N2O3S/c1-24-13-2-6-18-21(9-13)28-22-10-15(26)4-7-19(22)23(18)11-20(27)16-8-14(25-12-29)3-5-17(16)23/h2-10,24,26H,11H2,1H3. The van der Waals surface area contributed by atoms with Gasteiger partial charge in [0.25, 0.3) is 0 Å². The number of aromatic hydroxyl groups is 1. The molecule has 1 aliphatic carbocycles. The highest BCUT2D eigenvalue weighted by Gasteiger charge is 2.51. The van der Waals surface area contributed by atoms with Crippen LogP contribution in [0.15, 0.2) is 59.6 Å². The highest BCUT2D eigenvalue weighted by atomic mass is 32.1. The Kier molecular flexibility index (Phi) is 3.81. The number of isothiocyanates is 1. The Labute approximate surface area is 172 Å². The Hall–Kier alpha value is -3.47. The van der Waals surface area contributed by atoms with Crippen LogP contribution in [0.5, 0.6) is 17.2 Å². The van der Waals surface area contributed by atoms with Gasteiger partial charge in [-0.25, -0.2) is 0 Å². The average Bonchev–Trinajstić information content (AvgIpc) is 3.00.